The second-order valence-electron chi connectivity index (χ2n) is 3.82. The van der Waals surface area contributed by atoms with Crippen molar-refractivity contribution in [3.05, 3.63) is 58.6 Å². The van der Waals surface area contributed by atoms with Crippen molar-refractivity contribution in [3.63, 3.8) is 0 Å². The van der Waals surface area contributed by atoms with E-state index in [1.165, 1.54) is 0 Å². The minimum absolute atomic E-state index is 0.465. The van der Waals surface area contributed by atoms with Crippen LogP contribution in [0.3, 0.4) is 0 Å². The van der Waals surface area contributed by atoms with E-state index in [0.29, 0.717) is 22.8 Å². The molecule has 2 aromatic rings. The molecule has 0 spiro atoms. The topological polar surface area (TPSA) is 61.8 Å². The molecule has 0 aliphatic carbocycles. The molecule has 0 heterocycles. The molecule has 4 heteroatoms. The van der Waals surface area contributed by atoms with Gasteiger partial charge in [0.25, 0.3) is 0 Å². The molecule has 0 amide bonds. The van der Waals surface area contributed by atoms with E-state index in [-0.39, 0.29) is 0 Å². The van der Waals surface area contributed by atoms with Crippen LogP contribution in [0, 0.1) is 11.3 Å². The summed E-state index contributed by atoms with van der Waals surface area (Å²) in [4.78, 5) is 0. The Morgan fingerprint density at radius 3 is 2.67 bits per heavy atom. The van der Waals surface area contributed by atoms with Crippen molar-refractivity contribution in [1.82, 2.24) is 0 Å². The Morgan fingerprint density at radius 2 is 1.94 bits per heavy atom. The number of anilines is 2. The molecule has 0 saturated heterocycles. The van der Waals surface area contributed by atoms with Gasteiger partial charge in [0.1, 0.15) is 6.07 Å². The van der Waals surface area contributed by atoms with E-state index in [2.05, 4.69) is 11.4 Å². The van der Waals surface area contributed by atoms with Gasteiger partial charge in [-0.2, -0.15) is 5.26 Å². The molecule has 2 rings (SSSR count). The first-order valence-corrected chi connectivity index (χ1v) is 5.86. The number of benzene rings is 2. The third kappa shape index (κ3) is 2.55. The predicted octanol–water partition coefficient (Wildman–Crippen LogP) is 3.41. The number of nitrogens with two attached hydrogens (primary N) is 1. The maximum atomic E-state index is 8.89. The average Bonchev–Trinajstić information content (AvgIpc) is 2.39. The lowest BCUT2D eigenvalue weighted by molar-refractivity contribution is 1.15. The van der Waals surface area contributed by atoms with Crippen LogP contribution in [0.25, 0.3) is 0 Å². The molecule has 0 aromatic heterocycles. The third-order valence-electron chi connectivity index (χ3n) is 2.65. The maximum Gasteiger partial charge on any atom is 0.101 e. The van der Waals surface area contributed by atoms with Crippen LogP contribution in [0.15, 0.2) is 42.5 Å². The SMILES string of the molecule is N#Cc1cccc(NCc2ccccc2Cl)c1N. The average molecular weight is 258 g/mol. The Bertz CT molecular complexity index is 602. The Balaban J connectivity index is 2.17. The molecule has 90 valence electrons. The summed E-state index contributed by atoms with van der Waals surface area (Å²) in [7, 11) is 0. The number of rotatable bonds is 3. The zero-order valence-corrected chi connectivity index (χ0v) is 10.4. The van der Waals surface area contributed by atoms with Crippen molar-refractivity contribution in [3.8, 4) is 6.07 Å². The second kappa shape index (κ2) is 5.44. The zero-order chi connectivity index (χ0) is 13.0. The van der Waals surface area contributed by atoms with E-state index >= 15 is 0 Å². The second-order valence-corrected chi connectivity index (χ2v) is 4.23. The summed E-state index contributed by atoms with van der Waals surface area (Å²) < 4.78 is 0. The lowest BCUT2D eigenvalue weighted by Gasteiger charge is -2.11. The van der Waals surface area contributed by atoms with Crippen LogP contribution in [-0.2, 0) is 6.54 Å². The van der Waals surface area contributed by atoms with Gasteiger partial charge in [-0.05, 0) is 23.8 Å². The molecule has 0 saturated carbocycles. The third-order valence-corrected chi connectivity index (χ3v) is 3.02. The highest BCUT2D eigenvalue weighted by molar-refractivity contribution is 6.31. The van der Waals surface area contributed by atoms with Crippen LogP contribution < -0.4 is 11.1 Å². The molecule has 0 atom stereocenters. The number of nitriles is 1. The molecule has 18 heavy (non-hydrogen) atoms. The molecule has 2 aromatic carbocycles. The quantitative estimate of drug-likeness (QED) is 0.829. The first kappa shape index (κ1) is 12.3. The molecule has 0 radical (unpaired) electrons. The first-order valence-electron chi connectivity index (χ1n) is 5.48. The lowest BCUT2D eigenvalue weighted by atomic mass is 10.1. The molecule has 0 fully saturated rings. The van der Waals surface area contributed by atoms with Gasteiger partial charge in [-0.15, -0.1) is 0 Å². The monoisotopic (exact) mass is 257 g/mol. The molecule has 3 nitrogen and oxygen atoms in total. The minimum Gasteiger partial charge on any atom is -0.396 e. The fraction of sp³-hybridized carbons (Fsp3) is 0.0714. The maximum absolute atomic E-state index is 8.89. The van der Waals surface area contributed by atoms with Crippen molar-refractivity contribution >= 4 is 23.0 Å². The van der Waals surface area contributed by atoms with Crippen molar-refractivity contribution < 1.29 is 0 Å². The molecule has 0 aliphatic heterocycles. The van der Waals surface area contributed by atoms with E-state index in [1.807, 2.05) is 30.3 Å². The van der Waals surface area contributed by atoms with Crippen LogP contribution in [0.1, 0.15) is 11.1 Å². The van der Waals surface area contributed by atoms with Crippen molar-refractivity contribution in [2.45, 2.75) is 6.54 Å². The van der Waals surface area contributed by atoms with Crippen LogP contribution in [0.5, 0.6) is 0 Å². The van der Waals surface area contributed by atoms with Crippen LogP contribution in [0.4, 0.5) is 11.4 Å². The normalized spacial score (nSPS) is 9.78. The molecule has 0 aliphatic rings. The molecule has 3 N–H and O–H groups in total. The van der Waals surface area contributed by atoms with Gasteiger partial charge in [-0.25, -0.2) is 0 Å². The number of halogens is 1. The highest BCUT2D eigenvalue weighted by Gasteiger charge is 2.04. The number of nitrogen functional groups attached to an aromatic ring is 1. The summed E-state index contributed by atoms with van der Waals surface area (Å²) in [6.07, 6.45) is 0. The number of para-hydroxylation sites is 1. The number of nitrogens with one attached hydrogen (secondary N) is 1. The number of hydrogen-bond donors (Lipinski definition) is 2. The molecule has 0 unspecified atom stereocenters. The van der Waals surface area contributed by atoms with E-state index in [1.54, 1.807) is 12.1 Å². The van der Waals surface area contributed by atoms with Crippen LogP contribution >= 0.6 is 11.6 Å². The van der Waals surface area contributed by atoms with E-state index in [0.717, 1.165) is 11.3 Å². The number of nitrogens with zero attached hydrogens (tertiary/aromatic N) is 1. The summed E-state index contributed by atoms with van der Waals surface area (Å²) in [6.45, 7) is 0.568. The Kier molecular flexibility index (Phi) is 3.71. The zero-order valence-electron chi connectivity index (χ0n) is 9.65. The van der Waals surface area contributed by atoms with Gasteiger partial charge in [0.05, 0.1) is 16.9 Å². The fourth-order valence-corrected chi connectivity index (χ4v) is 1.85. The van der Waals surface area contributed by atoms with Gasteiger partial charge in [0.2, 0.25) is 0 Å². The van der Waals surface area contributed by atoms with Gasteiger partial charge >= 0.3 is 0 Å². The largest absolute Gasteiger partial charge is 0.396 e. The highest BCUT2D eigenvalue weighted by atomic mass is 35.5. The number of hydrogen-bond acceptors (Lipinski definition) is 3. The van der Waals surface area contributed by atoms with Gasteiger partial charge in [0, 0.05) is 11.6 Å². The highest BCUT2D eigenvalue weighted by Crippen LogP contribution is 2.23. The van der Waals surface area contributed by atoms with Crippen molar-refractivity contribution in [2.75, 3.05) is 11.1 Å². The van der Waals surface area contributed by atoms with Gasteiger partial charge < -0.3 is 11.1 Å². The molecule has 0 bridgehead atoms. The standard InChI is InChI=1S/C14H12ClN3/c15-12-6-2-1-4-11(12)9-18-13-7-3-5-10(8-16)14(13)17/h1-7,18H,9,17H2. The lowest BCUT2D eigenvalue weighted by Crippen LogP contribution is -2.04. The van der Waals surface area contributed by atoms with E-state index in [4.69, 9.17) is 22.6 Å². The Labute approximate surface area is 111 Å². The summed E-state index contributed by atoms with van der Waals surface area (Å²) in [5.41, 5.74) is 8.55. The van der Waals surface area contributed by atoms with Crippen LogP contribution in [-0.4, -0.2) is 0 Å². The van der Waals surface area contributed by atoms with Gasteiger partial charge in [0.15, 0.2) is 0 Å². The molecular formula is C14H12ClN3. The Morgan fingerprint density at radius 1 is 1.17 bits per heavy atom. The van der Waals surface area contributed by atoms with Crippen molar-refractivity contribution in [1.29, 1.82) is 5.26 Å². The Hall–Kier alpha value is -2.18. The summed E-state index contributed by atoms with van der Waals surface area (Å²) in [5, 5.41) is 12.8. The molecular weight excluding hydrogens is 246 g/mol. The van der Waals surface area contributed by atoms with Gasteiger partial charge in [-0.1, -0.05) is 35.9 Å². The smallest absolute Gasteiger partial charge is 0.101 e. The first-order chi connectivity index (χ1) is 8.72. The summed E-state index contributed by atoms with van der Waals surface area (Å²) >= 11 is 6.07. The van der Waals surface area contributed by atoms with Crippen molar-refractivity contribution in [2.24, 2.45) is 0 Å². The van der Waals surface area contributed by atoms with E-state index < -0.39 is 0 Å². The van der Waals surface area contributed by atoms with E-state index in [9.17, 15) is 0 Å². The van der Waals surface area contributed by atoms with Crippen LogP contribution in [0.2, 0.25) is 5.02 Å². The summed E-state index contributed by atoms with van der Waals surface area (Å²) in [5.74, 6) is 0. The minimum atomic E-state index is 0.465. The summed E-state index contributed by atoms with van der Waals surface area (Å²) in [6, 6.07) is 15.0. The van der Waals surface area contributed by atoms with Gasteiger partial charge in [-0.3, -0.25) is 0 Å². The predicted molar refractivity (Wildman–Crippen MR) is 74.3 cm³/mol. The fourth-order valence-electron chi connectivity index (χ4n) is 1.65.